The minimum atomic E-state index is -0.573. The third kappa shape index (κ3) is 5.07. The maximum atomic E-state index is 12.7. The molecule has 2 aromatic carbocycles. The second-order valence-corrected chi connectivity index (χ2v) is 7.94. The van der Waals surface area contributed by atoms with Gasteiger partial charge in [-0.15, -0.1) is 0 Å². The number of hydrogen-bond acceptors (Lipinski definition) is 3. The average molecular weight is 425 g/mol. The molecule has 30 heavy (non-hydrogen) atoms. The lowest BCUT2D eigenvalue weighted by Crippen LogP contribution is -2.37. The molecule has 3 N–H and O–H groups in total. The quantitative estimate of drug-likeness (QED) is 0.608. The van der Waals surface area contributed by atoms with Gasteiger partial charge in [-0.3, -0.25) is 9.59 Å². The number of aromatic nitrogens is 2. The lowest BCUT2D eigenvalue weighted by molar-refractivity contribution is -0.121. The zero-order chi connectivity index (χ0) is 21.8. The fraction of sp³-hybridized carbons (Fsp3) is 0.261. The third-order valence-corrected chi connectivity index (χ3v) is 5.28. The van der Waals surface area contributed by atoms with Crippen LogP contribution >= 0.6 is 11.6 Å². The maximum absolute atomic E-state index is 12.7. The molecule has 0 bridgehead atoms. The van der Waals surface area contributed by atoms with Crippen LogP contribution in [0.2, 0.25) is 5.02 Å². The predicted molar refractivity (Wildman–Crippen MR) is 118 cm³/mol. The van der Waals surface area contributed by atoms with Crippen molar-refractivity contribution < 1.29 is 9.59 Å². The van der Waals surface area contributed by atoms with Gasteiger partial charge in [-0.2, -0.15) is 5.10 Å². The molecule has 0 radical (unpaired) electrons. The Morgan fingerprint density at radius 3 is 2.40 bits per heavy atom. The van der Waals surface area contributed by atoms with Gasteiger partial charge in [0.25, 0.3) is 5.91 Å². The number of rotatable bonds is 7. The van der Waals surface area contributed by atoms with Crippen molar-refractivity contribution in [2.24, 2.45) is 11.7 Å². The predicted octanol–water partition coefficient (Wildman–Crippen LogP) is 3.52. The molecule has 0 saturated carbocycles. The number of nitrogens with zero attached hydrogens (tertiary/aromatic N) is 2. The number of carbonyl (C=O) groups is 2. The Morgan fingerprint density at radius 2 is 1.77 bits per heavy atom. The van der Waals surface area contributed by atoms with Gasteiger partial charge in [0.2, 0.25) is 5.91 Å². The van der Waals surface area contributed by atoms with Crippen LogP contribution in [0.15, 0.2) is 48.5 Å². The van der Waals surface area contributed by atoms with Crippen molar-refractivity contribution in [1.82, 2.24) is 15.1 Å². The molecule has 3 aromatic rings. The molecule has 0 aliphatic carbocycles. The number of nitrogens with one attached hydrogen (secondary N) is 1. The Bertz CT molecular complexity index is 1070. The van der Waals surface area contributed by atoms with Crippen molar-refractivity contribution >= 4 is 23.4 Å². The molecule has 0 aliphatic rings. The normalized spacial score (nSPS) is 11.9. The Hall–Kier alpha value is -3.12. The Labute approximate surface area is 181 Å². The number of carbonyl (C=O) groups excluding carboxylic acids is 2. The summed E-state index contributed by atoms with van der Waals surface area (Å²) in [5.74, 6) is -1.42. The Morgan fingerprint density at radius 1 is 1.10 bits per heavy atom. The third-order valence-electron chi connectivity index (χ3n) is 4.91. The van der Waals surface area contributed by atoms with Crippen molar-refractivity contribution in [1.29, 1.82) is 0 Å². The largest absolute Gasteiger partial charge is 0.369 e. The van der Waals surface area contributed by atoms with E-state index in [2.05, 4.69) is 16.5 Å². The first kappa shape index (κ1) is 21.6. The molecular weight excluding hydrogens is 400 g/mol. The highest BCUT2D eigenvalue weighted by atomic mass is 35.5. The van der Waals surface area contributed by atoms with Crippen molar-refractivity contribution in [3.63, 3.8) is 0 Å². The maximum Gasteiger partial charge on any atom is 0.271 e. The molecule has 1 aromatic heterocycles. The van der Waals surface area contributed by atoms with E-state index in [0.29, 0.717) is 11.4 Å². The monoisotopic (exact) mass is 424 g/mol. The summed E-state index contributed by atoms with van der Waals surface area (Å²) >= 11 is 6.18. The van der Waals surface area contributed by atoms with Crippen molar-refractivity contribution in [3.8, 4) is 5.69 Å². The molecule has 3 rings (SSSR count). The lowest BCUT2D eigenvalue weighted by Gasteiger charge is -2.15. The van der Waals surface area contributed by atoms with Crippen LogP contribution in [-0.4, -0.2) is 28.1 Å². The van der Waals surface area contributed by atoms with Crippen LogP contribution in [0.3, 0.4) is 0 Å². The highest BCUT2D eigenvalue weighted by molar-refractivity contribution is 6.31. The van der Waals surface area contributed by atoms with Gasteiger partial charge in [-0.05, 0) is 68.1 Å². The van der Waals surface area contributed by atoms with E-state index in [1.54, 1.807) is 16.8 Å². The second kappa shape index (κ2) is 9.13. The van der Waals surface area contributed by atoms with Crippen LogP contribution in [-0.2, 0) is 11.2 Å². The number of primary amides is 1. The first-order valence-electron chi connectivity index (χ1n) is 9.71. The zero-order valence-electron chi connectivity index (χ0n) is 17.3. The van der Waals surface area contributed by atoms with E-state index in [1.165, 1.54) is 0 Å². The van der Waals surface area contributed by atoms with Crippen LogP contribution in [0.25, 0.3) is 5.69 Å². The summed E-state index contributed by atoms with van der Waals surface area (Å²) in [4.78, 5) is 24.5. The lowest BCUT2D eigenvalue weighted by atomic mass is 9.98. The minimum absolute atomic E-state index is 0.106. The topological polar surface area (TPSA) is 90.0 Å². The van der Waals surface area contributed by atoms with Gasteiger partial charge in [-0.25, -0.2) is 4.68 Å². The first-order chi connectivity index (χ1) is 14.2. The van der Waals surface area contributed by atoms with Gasteiger partial charge >= 0.3 is 0 Å². The molecule has 0 spiro atoms. The molecule has 6 nitrogen and oxygen atoms in total. The summed E-state index contributed by atoms with van der Waals surface area (Å²) in [6.45, 7) is 6.04. The van der Waals surface area contributed by atoms with E-state index in [-0.39, 0.29) is 18.1 Å². The van der Waals surface area contributed by atoms with E-state index in [9.17, 15) is 9.59 Å². The molecule has 156 valence electrons. The van der Waals surface area contributed by atoms with E-state index in [0.717, 1.165) is 28.1 Å². The van der Waals surface area contributed by atoms with E-state index >= 15 is 0 Å². The van der Waals surface area contributed by atoms with Crippen LogP contribution in [0.4, 0.5) is 0 Å². The highest BCUT2D eigenvalue weighted by Gasteiger charge is 2.20. The van der Waals surface area contributed by atoms with E-state index in [4.69, 9.17) is 17.3 Å². The molecular formula is C23H25ClN4O2. The molecule has 0 aliphatic heterocycles. The second-order valence-electron chi connectivity index (χ2n) is 7.53. The summed E-state index contributed by atoms with van der Waals surface area (Å²) in [5, 5.41) is 7.79. The number of aryl methyl sites for hydroxylation is 3. The molecule has 7 heteroatoms. The van der Waals surface area contributed by atoms with Crippen LogP contribution in [0, 0.1) is 26.7 Å². The van der Waals surface area contributed by atoms with Crippen LogP contribution in [0.1, 0.15) is 32.9 Å². The van der Waals surface area contributed by atoms with Gasteiger partial charge < -0.3 is 11.1 Å². The number of nitrogens with two attached hydrogens (primary N) is 1. The summed E-state index contributed by atoms with van der Waals surface area (Å²) in [6, 6.07) is 15.1. The number of halogens is 1. The van der Waals surface area contributed by atoms with Gasteiger partial charge in [0.15, 0.2) is 5.69 Å². The van der Waals surface area contributed by atoms with E-state index < -0.39 is 11.8 Å². The van der Waals surface area contributed by atoms with Gasteiger partial charge in [0.1, 0.15) is 0 Å². The van der Waals surface area contributed by atoms with E-state index in [1.807, 2.05) is 51.1 Å². The SMILES string of the molecule is Cc1cc(C)cc(-n2nc(C(=O)NCC(Cc3ccccc3Cl)C(N)=O)cc2C)c1. The number of hydrogen-bond donors (Lipinski definition) is 2. The van der Waals surface area contributed by atoms with Gasteiger partial charge in [0, 0.05) is 17.3 Å². The zero-order valence-corrected chi connectivity index (χ0v) is 18.0. The molecule has 1 atom stereocenters. The standard InChI is InChI=1S/C23H25ClN4O2/c1-14-8-15(2)10-19(9-14)28-16(3)11-21(27-28)23(30)26-13-18(22(25)29)12-17-6-4-5-7-20(17)24/h4-11,18H,12-13H2,1-3H3,(H2,25,29)(H,26,30). The Balaban J connectivity index is 1.72. The molecule has 2 amide bonds. The number of amides is 2. The van der Waals surface area contributed by atoms with Crippen LogP contribution in [0.5, 0.6) is 0 Å². The summed E-state index contributed by atoms with van der Waals surface area (Å²) in [7, 11) is 0. The van der Waals surface area contributed by atoms with Gasteiger partial charge in [0.05, 0.1) is 11.6 Å². The van der Waals surface area contributed by atoms with Crippen molar-refractivity contribution in [2.75, 3.05) is 6.54 Å². The highest BCUT2D eigenvalue weighted by Crippen LogP contribution is 2.19. The van der Waals surface area contributed by atoms with Crippen molar-refractivity contribution in [3.05, 3.63) is 81.6 Å². The smallest absolute Gasteiger partial charge is 0.271 e. The molecule has 1 unspecified atom stereocenters. The summed E-state index contributed by atoms with van der Waals surface area (Å²) in [6.07, 6.45) is 0.353. The minimum Gasteiger partial charge on any atom is -0.369 e. The fourth-order valence-corrected chi connectivity index (χ4v) is 3.64. The molecule has 0 saturated heterocycles. The van der Waals surface area contributed by atoms with Crippen LogP contribution < -0.4 is 11.1 Å². The number of benzene rings is 2. The van der Waals surface area contributed by atoms with Gasteiger partial charge in [-0.1, -0.05) is 35.9 Å². The fourth-order valence-electron chi connectivity index (χ4n) is 3.43. The first-order valence-corrected chi connectivity index (χ1v) is 10.1. The Kier molecular flexibility index (Phi) is 6.57. The molecule has 1 heterocycles. The van der Waals surface area contributed by atoms with Crippen molar-refractivity contribution in [2.45, 2.75) is 27.2 Å². The summed E-state index contributed by atoms with van der Waals surface area (Å²) < 4.78 is 1.74. The summed E-state index contributed by atoms with van der Waals surface area (Å²) in [5.41, 5.74) is 10.6. The average Bonchev–Trinajstić information content (AvgIpc) is 3.07. The molecule has 0 fully saturated rings.